The van der Waals surface area contributed by atoms with Gasteiger partial charge in [-0.2, -0.15) is 0 Å². The predicted octanol–water partition coefficient (Wildman–Crippen LogP) is 10.8. The molecule has 10 nitrogen and oxygen atoms in total. The largest absolute Gasteiger partial charge is 0.472 e. The number of hydrogen-bond donors (Lipinski definition) is 3. The summed E-state index contributed by atoms with van der Waals surface area (Å²) in [7, 11) is -4.61. The number of phosphoric acid groups is 1. The minimum absolute atomic E-state index is 0.178. The first kappa shape index (κ1) is 50.7. The van der Waals surface area contributed by atoms with Crippen LogP contribution in [-0.4, -0.2) is 65.7 Å². The number of esters is 2. The molecule has 0 saturated heterocycles. The number of hydrogen-bond acceptors (Lipinski definition) is 9. The minimum Gasteiger partial charge on any atom is -0.462 e. The molecule has 0 radical (unpaired) electrons. The maximum absolute atomic E-state index is 12.6. The maximum atomic E-state index is 12.6. The Morgan fingerprint density at radius 3 is 1.38 bits per heavy atom. The van der Waals surface area contributed by atoms with Gasteiger partial charge >= 0.3 is 19.8 Å². The smallest absolute Gasteiger partial charge is 0.462 e. The van der Waals surface area contributed by atoms with Gasteiger partial charge in [0.1, 0.15) is 12.7 Å². The van der Waals surface area contributed by atoms with Crippen molar-refractivity contribution in [2.24, 2.45) is 0 Å². The van der Waals surface area contributed by atoms with Crippen LogP contribution in [0.2, 0.25) is 0 Å². The summed E-state index contributed by atoms with van der Waals surface area (Å²) in [5, 5.41) is 18.3. The van der Waals surface area contributed by atoms with Gasteiger partial charge in [-0.05, 0) is 38.5 Å². The van der Waals surface area contributed by atoms with Crippen molar-refractivity contribution in [3.63, 3.8) is 0 Å². The third-order valence-electron chi connectivity index (χ3n) is 9.17. The Morgan fingerprint density at radius 1 is 0.558 bits per heavy atom. The first-order valence-electron chi connectivity index (χ1n) is 21.1. The van der Waals surface area contributed by atoms with Gasteiger partial charge in [0.05, 0.1) is 19.8 Å². The highest BCUT2D eigenvalue weighted by Gasteiger charge is 2.27. The molecule has 0 aromatic rings. The number of phosphoric ester groups is 1. The molecule has 52 heavy (non-hydrogen) atoms. The third-order valence-corrected chi connectivity index (χ3v) is 10.1. The Bertz CT molecular complexity index is 884. The number of carbonyl (C=O) groups excluding carboxylic acids is 2. The summed E-state index contributed by atoms with van der Waals surface area (Å²) in [6.07, 6.45) is 34.6. The number of aliphatic hydroxyl groups is 2. The van der Waals surface area contributed by atoms with Crippen LogP contribution in [0.15, 0.2) is 12.2 Å². The van der Waals surface area contributed by atoms with E-state index in [2.05, 4.69) is 30.5 Å². The van der Waals surface area contributed by atoms with Crippen LogP contribution in [0.5, 0.6) is 0 Å². The number of allylic oxidation sites excluding steroid dienone is 2. The van der Waals surface area contributed by atoms with Crippen molar-refractivity contribution in [3.05, 3.63) is 12.2 Å². The highest BCUT2D eigenvalue weighted by Crippen LogP contribution is 2.43. The topological polar surface area (TPSA) is 149 Å². The van der Waals surface area contributed by atoms with Crippen molar-refractivity contribution >= 4 is 19.8 Å². The molecule has 0 aliphatic carbocycles. The molecule has 0 saturated carbocycles. The van der Waals surface area contributed by atoms with Crippen LogP contribution in [0, 0.1) is 0 Å². The summed E-state index contributed by atoms with van der Waals surface area (Å²) in [4.78, 5) is 34.9. The Morgan fingerprint density at radius 2 is 0.942 bits per heavy atom. The highest BCUT2D eigenvalue weighted by molar-refractivity contribution is 7.47. The Labute approximate surface area is 317 Å². The van der Waals surface area contributed by atoms with E-state index in [1.165, 1.54) is 103 Å². The average Bonchev–Trinajstić information content (AvgIpc) is 3.13. The molecule has 0 amide bonds. The van der Waals surface area contributed by atoms with E-state index >= 15 is 0 Å². The summed E-state index contributed by atoms with van der Waals surface area (Å²) < 4.78 is 32.7. The van der Waals surface area contributed by atoms with E-state index in [1.807, 2.05) is 0 Å². The molecule has 0 aromatic carbocycles. The van der Waals surface area contributed by atoms with Crippen molar-refractivity contribution in [1.29, 1.82) is 0 Å². The van der Waals surface area contributed by atoms with Gasteiger partial charge in [0.2, 0.25) is 0 Å². The molecular weight excluding hydrogens is 683 g/mol. The van der Waals surface area contributed by atoms with E-state index in [1.54, 1.807) is 0 Å². The van der Waals surface area contributed by atoms with Gasteiger partial charge in [-0.1, -0.05) is 161 Å². The zero-order valence-electron chi connectivity index (χ0n) is 33.3. The highest BCUT2D eigenvalue weighted by atomic mass is 31.2. The van der Waals surface area contributed by atoms with E-state index in [-0.39, 0.29) is 19.4 Å². The quantitative estimate of drug-likeness (QED) is 0.0238. The van der Waals surface area contributed by atoms with E-state index in [0.717, 1.165) is 57.8 Å². The Balaban J connectivity index is 4.30. The fourth-order valence-electron chi connectivity index (χ4n) is 5.87. The summed E-state index contributed by atoms with van der Waals surface area (Å²) >= 11 is 0. The van der Waals surface area contributed by atoms with E-state index in [9.17, 15) is 24.2 Å². The van der Waals surface area contributed by atoms with Gasteiger partial charge < -0.3 is 24.6 Å². The molecule has 0 bridgehead atoms. The standard InChI is InChI=1S/C41H79O10P/c1-3-5-7-9-11-13-15-17-19-21-23-25-27-29-31-33-41(45)51-39(37-50-52(46,47)49-35-38(43)34-42)36-48-40(44)32-30-28-26-24-22-20-18-16-14-12-10-8-6-4-2/h17,19,38-39,42-43H,3-16,18,20-37H2,1-2H3,(H,46,47)/b19-17-/t38-,39+/m0/s1. The number of ether oxygens (including phenoxy) is 2. The molecule has 0 aliphatic heterocycles. The first-order chi connectivity index (χ1) is 25.2. The van der Waals surface area contributed by atoms with Crippen LogP contribution >= 0.6 is 7.82 Å². The molecule has 0 rings (SSSR count). The molecular formula is C41H79O10P. The van der Waals surface area contributed by atoms with Gasteiger partial charge in [0.25, 0.3) is 0 Å². The van der Waals surface area contributed by atoms with E-state index in [4.69, 9.17) is 19.1 Å². The Kier molecular flexibility index (Phi) is 37.1. The van der Waals surface area contributed by atoms with Crippen LogP contribution < -0.4 is 0 Å². The summed E-state index contributed by atoms with van der Waals surface area (Å²) in [6.45, 7) is 2.38. The average molecular weight is 763 g/mol. The molecule has 1 unspecified atom stereocenters. The summed E-state index contributed by atoms with van der Waals surface area (Å²) in [5.74, 6) is -0.926. The lowest BCUT2D eigenvalue weighted by atomic mass is 10.0. The normalized spacial score (nSPS) is 14.0. The monoisotopic (exact) mass is 763 g/mol. The van der Waals surface area contributed by atoms with Crippen molar-refractivity contribution in [3.8, 4) is 0 Å². The number of carbonyl (C=O) groups is 2. The molecule has 3 N–H and O–H groups in total. The maximum Gasteiger partial charge on any atom is 0.472 e. The molecule has 0 aromatic heterocycles. The fraction of sp³-hybridized carbons (Fsp3) is 0.902. The van der Waals surface area contributed by atoms with Crippen LogP contribution in [0.25, 0.3) is 0 Å². The summed E-state index contributed by atoms with van der Waals surface area (Å²) in [5.41, 5.74) is 0. The van der Waals surface area contributed by atoms with Crippen LogP contribution in [0.4, 0.5) is 0 Å². The second-order valence-electron chi connectivity index (χ2n) is 14.4. The fourth-order valence-corrected chi connectivity index (χ4v) is 6.66. The van der Waals surface area contributed by atoms with Crippen molar-refractivity contribution < 1.29 is 47.8 Å². The van der Waals surface area contributed by atoms with Gasteiger partial charge in [0, 0.05) is 12.8 Å². The number of rotatable bonds is 40. The van der Waals surface area contributed by atoms with Gasteiger partial charge in [0.15, 0.2) is 6.10 Å². The minimum atomic E-state index is -4.61. The van der Waals surface area contributed by atoms with Crippen molar-refractivity contribution in [2.75, 3.05) is 26.4 Å². The zero-order chi connectivity index (χ0) is 38.4. The van der Waals surface area contributed by atoms with Gasteiger partial charge in [-0.15, -0.1) is 0 Å². The first-order valence-corrected chi connectivity index (χ1v) is 22.6. The second-order valence-corrected chi connectivity index (χ2v) is 15.8. The molecule has 0 aliphatic rings. The van der Waals surface area contributed by atoms with E-state index in [0.29, 0.717) is 12.8 Å². The van der Waals surface area contributed by atoms with Crippen LogP contribution in [0.1, 0.15) is 200 Å². The van der Waals surface area contributed by atoms with Gasteiger partial charge in [-0.3, -0.25) is 18.6 Å². The van der Waals surface area contributed by atoms with Crippen molar-refractivity contribution in [2.45, 2.75) is 212 Å². The molecule has 0 heterocycles. The Hall–Kier alpha value is -1.29. The summed E-state index contributed by atoms with van der Waals surface area (Å²) in [6, 6.07) is 0. The van der Waals surface area contributed by atoms with E-state index < -0.39 is 51.8 Å². The molecule has 0 spiro atoms. The molecule has 11 heteroatoms. The zero-order valence-corrected chi connectivity index (χ0v) is 34.2. The lowest BCUT2D eigenvalue weighted by Crippen LogP contribution is -2.29. The third kappa shape index (κ3) is 37.0. The number of unbranched alkanes of at least 4 members (excludes halogenated alkanes) is 24. The van der Waals surface area contributed by atoms with Gasteiger partial charge in [-0.25, -0.2) is 4.57 Å². The van der Waals surface area contributed by atoms with Crippen molar-refractivity contribution in [1.82, 2.24) is 0 Å². The lowest BCUT2D eigenvalue weighted by Gasteiger charge is -2.20. The second kappa shape index (κ2) is 38.0. The SMILES string of the molecule is CCCCCCCC/C=C\CCCCCCCC(=O)O[C@H](COC(=O)CCCCCCCCCCCCCCCC)COP(=O)(O)OC[C@@H](O)CO. The molecule has 0 fully saturated rings. The lowest BCUT2D eigenvalue weighted by molar-refractivity contribution is -0.161. The van der Waals surface area contributed by atoms with Crippen LogP contribution in [0.3, 0.4) is 0 Å². The van der Waals surface area contributed by atoms with Crippen LogP contribution in [-0.2, 0) is 32.7 Å². The molecule has 308 valence electrons. The predicted molar refractivity (Wildman–Crippen MR) is 210 cm³/mol. The molecule has 3 atom stereocenters. The number of aliphatic hydroxyl groups excluding tert-OH is 2.